The lowest BCUT2D eigenvalue weighted by Crippen LogP contribution is -2.35. The summed E-state index contributed by atoms with van der Waals surface area (Å²) in [5.41, 5.74) is 0.592. The van der Waals surface area contributed by atoms with Gasteiger partial charge in [0, 0.05) is 18.5 Å². The summed E-state index contributed by atoms with van der Waals surface area (Å²) in [4.78, 5) is 9.98. The van der Waals surface area contributed by atoms with Gasteiger partial charge >= 0.3 is 0 Å². The highest BCUT2D eigenvalue weighted by atomic mass is 32.2. The number of para-hydroxylation sites is 2. The Labute approximate surface area is 139 Å². The van der Waals surface area contributed by atoms with E-state index in [-0.39, 0.29) is 17.4 Å². The number of rotatable bonds is 5. The fourth-order valence-corrected chi connectivity index (χ4v) is 3.95. The van der Waals surface area contributed by atoms with E-state index in [0.717, 1.165) is 11.3 Å². The third-order valence-corrected chi connectivity index (χ3v) is 5.34. The number of ether oxygens (including phenoxy) is 1. The Morgan fingerprint density at radius 2 is 1.88 bits per heavy atom. The van der Waals surface area contributed by atoms with Gasteiger partial charge in [-0.15, -0.1) is 0 Å². The van der Waals surface area contributed by atoms with E-state index in [1.807, 2.05) is 24.3 Å². The van der Waals surface area contributed by atoms with Gasteiger partial charge < -0.3 is 4.74 Å². The highest BCUT2D eigenvalue weighted by Gasteiger charge is 2.27. The number of nitrogens with one attached hydrogen (secondary N) is 1. The molecule has 0 fully saturated rings. The summed E-state index contributed by atoms with van der Waals surface area (Å²) in [5.74, 6) is 0.785. The highest BCUT2D eigenvalue weighted by Crippen LogP contribution is 2.27. The molecule has 2 aromatic carbocycles. The molecule has 0 aromatic heterocycles. The molecule has 1 N–H and O–H groups in total. The van der Waals surface area contributed by atoms with E-state index >= 15 is 0 Å². The van der Waals surface area contributed by atoms with Crippen molar-refractivity contribution >= 4 is 15.7 Å². The van der Waals surface area contributed by atoms with E-state index in [1.165, 1.54) is 24.3 Å². The van der Waals surface area contributed by atoms with E-state index in [4.69, 9.17) is 4.74 Å². The highest BCUT2D eigenvalue weighted by molar-refractivity contribution is 7.89. The average Bonchev–Trinajstić information content (AvgIpc) is 2.60. The van der Waals surface area contributed by atoms with Gasteiger partial charge in [0.25, 0.3) is 5.69 Å². The Morgan fingerprint density at radius 3 is 2.67 bits per heavy atom. The number of sulfonamides is 1. The molecule has 8 heteroatoms. The zero-order chi connectivity index (χ0) is 17.2. The summed E-state index contributed by atoms with van der Waals surface area (Å²) in [6.07, 6.45) is 0.690. The number of fused-ring (bicyclic) bond motifs is 1. The van der Waals surface area contributed by atoms with Crippen molar-refractivity contribution in [2.24, 2.45) is 5.92 Å². The molecule has 24 heavy (non-hydrogen) atoms. The van der Waals surface area contributed by atoms with Gasteiger partial charge in [0.1, 0.15) is 5.75 Å². The molecule has 0 saturated heterocycles. The molecule has 0 amide bonds. The SMILES string of the molecule is O=[N+]([O-])c1ccccc1S(=O)(=O)NC[C@H]1COc2ccccc2C1. The quantitative estimate of drug-likeness (QED) is 0.659. The molecule has 0 bridgehead atoms. The van der Waals surface area contributed by atoms with E-state index in [2.05, 4.69) is 4.72 Å². The first-order chi connectivity index (χ1) is 11.5. The average molecular weight is 348 g/mol. The van der Waals surface area contributed by atoms with Crippen LogP contribution in [-0.4, -0.2) is 26.5 Å². The van der Waals surface area contributed by atoms with Gasteiger partial charge in [-0.1, -0.05) is 30.3 Å². The standard InChI is InChI=1S/C16H16N2O5S/c19-18(20)14-6-2-4-8-16(14)24(21,22)17-10-12-9-13-5-1-3-7-15(13)23-11-12/h1-8,12,17H,9-11H2/t12-/m0/s1. The molecule has 3 rings (SSSR count). The van der Waals surface area contributed by atoms with E-state index in [0.29, 0.717) is 13.0 Å². The normalized spacial score (nSPS) is 16.9. The molecule has 1 aliphatic rings. The third kappa shape index (κ3) is 3.39. The van der Waals surface area contributed by atoms with Crippen LogP contribution in [0.3, 0.4) is 0 Å². The van der Waals surface area contributed by atoms with Crippen molar-refractivity contribution < 1.29 is 18.1 Å². The molecule has 126 valence electrons. The van der Waals surface area contributed by atoms with E-state index in [9.17, 15) is 18.5 Å². The number of benzene rings is 2. The summed E-state index contributed by atoms with van der Waals surface area (Å²) in [5, 5.41) is 11.0. The van der Waals surface area contributed by atoms with Crippen LogP contribution < -0.4 is 9.46 Å². The second kappa shape index (κ2) is 6.58. The Morgan fingerprint density at radius 1 is 1.17 bits per heavy atom. The van der Waals surface area contributed by atoms with Crippen molar-refractivity contribution in [2.75, 3.05) is 13.2 Å². The zero-order valence-electron chi connectivity index (χ0n) is 12.7. The van der Waals surface area contributed by atoms with Crippen LogP contribution in [0.15, 0.2) is 53.4 Å². The molecule has 0 spiro atoms. The minimum atomic E-state index is -3.96. The van der Waals surface area contributed by atoms with Gasteiger partial charge in [-0.05, 0) is 24.1 Å². The van der Waals surface area contributed by atoms with Crippen molar-refractivity contribution in [3.8, 4) is 5.75 Å². The predicted molar refractivity (Wildman–Crippen MR) is 87.4 cm³/mol. The number of hydrogen-bond donors (Lipinski definition) is 1. The molecule has 7 nitrogen and oxygen atoms in total. The van der Waals surface area contributed by atoms with Crippen LogP contribution in [-0.2, 0) is 16.4 Å². The Hall–Kier alpha value is -2.45. The Bertz CT molecular complexity index is 866. The second-order valence-electron chi connectivity index (χ2n) is 5.57. The maximum Gasteiger partial charge on any atom is 0.289 e. The summed E-state index contributed by atoms with van der Waals surface area (Å²) in [7, 11) is -3.96. The molecule has 0 aliphatic carbocycles. The third-order valence-electron chi connectivity index (χ3n) is 3.87. The topological polar surface area (TPSA) is 98.5 Å². The summed E-state index contributed by atoms with van der Waals surface area (Å²) < 4.78 is 32.9. The van der Waals surface area contributed by atoms with Gasteiger partial charge in [-0.2, -0.15) is 0 Å². The van der Waals surface area contributed by atoms with Crippen molar-refractivity contribution in [1.29, 1.82) is 0 Å². The lowest BCUT2D eigenvalue weighted by molar-refractivity contribution is -0.387. The molecular weight excluding hydrogens is 332 g/mol. The molecule has 0 radical (unpaired) electrons. The molecule has 1 aliphatic heterocycles. The fourth-order valence-electron chi connectivity index (χ4n) is 2.66. The Balaban J connectivity index is 1.72. The summed E-state index contributed by atoms with van der Waals surface area (Å²) >= 11 is 0. The maximum atomic E-state index is 12.4. The van der Waals surface area contributed by atoms with Gasteiger partial charge in [0.05, 0.1) is 11.5 Å². The van der Waals surface area contributed by atoms with Crippen LogP contribution in [0.4, 0.5) is 5.69 Å². The van der Waals surface area contributed by atoms with Gasteiger partial charge in [-0.3, -0.25) is 10.1 Å². The smallest absolute Gasteiger partial charge is 0.289 e. The van der Waals surface area contributed by atoms with Crippen molar-refractivity contribution in [3.63, 3.8) is 0 Å². The first kappa shape index (κ1) is 16.4. The second-order valence-corrected chi connectivity index (χ2v) is 7.30. The van der Waals surface area contributed by atoms with Crippen molar-refractivity contribution in [2.45, 2.75) is 11.3 Å². The minimum absolute atomic E-state index is 0.0301. The van der Waals surface area contributed by atoms with Crippen LogP contribution in [0.5, 0.6) is 5.75 Å². The van der Waals surface area contributed by atoms with Gasteiger partial charge in [0.15, 0.2) is 4.90 Å². The monoisotopic (exact) mass is 348 g/mol. The van der Waals surface area contributed by atoms with Gasteiger partial charge in [-0.25, -0.2) is 13.1 Å². The first-order valence-electron chi connectivity index (χ1n) is 7.41. The van der Waals surface area contributed by atoms with Crippen molar-refractivity contribution in [1.82, 2.24) is 4.72 Å². The molecule has 0 saturated carbocycles. The lowest BCUT2D eigenvalue weighted by atomic mass is 9.97. The van der Waals surface area contributed by atoms with Crippen LogP contribution in [0.2, 0.25) is 0 Å². The van der Waals surface area contributed by atoms with Gasteiger partial charge in [0.2, 0.25) is 10.0 Å². The molecule has 1 heterocycles. The van der Waals surface area contributed by atoms with E-state index < -0.39 is 20.6 Å². The number of nitro benzene ring substituents is 1. The van der Waals surface area contributed by atoms with Crippen LogP contribution >= 0.6 is 0 Å². The number of nitrogens with zero attached hydrogens (tertiary/aromatic N) is 1. The summed E-state index contributed by atoms with van der Waals surface area (Å²) in [6, 6.07) is 12.9. The Kier molecular flexibility index (Phi) is 4.50. The zero-order valence-corrected chi connectivity index (χ0v) is 13.5. The number of nitro groups is 1. The predicted octanol–water partition coefficient (Wildman–Crippen LogP) is 2.12. The molecular formula is C16H16N2O5S. The van der Waals surface area contributed by atoms with Crippen LogP contribution in [0.25, 0.3) is 0 Å². The molecule has 1 atom stereocenters. The van der Waals surface area contributed by atoms with E-state index in [1.54, 1.807) is 0 Å². The van der Waals surface area contributed by atoms with Crippen LogP contribution in [0.1, 0.15) is 5.56 Å². The maximum absolute atomic E-state index is 12.4. The first-order valence-corrected chi connectivity index (χ1v) is 8.89. The largest absolute Gasteiger partial charge is 0.493 e. The minimum Gasteiger partial charge on any atom is -0.493 e. The fraction of sp³-hybridized carbons (Fsp3) is 0.250. The lowest BCUT2D eigenvalue weighted by Gasteiger charge is -2.25. The van der Waals surface area contributed by atoms with Crippen LogP contribution in [0, 0.1) is 16.0 Å². The molecule has 2 aromatic rings. The van der Waals surface area contributed by atoms with Crippen molar-refractivity contribution in [3.05, 3.63) is 64.2 Å². The molecule has 0 unspecified atom stereocenters. The summed E-state index contributed by atoms with van der Waals surface area (Å²) in [6.45, 7) is 0.555. The number of hydrogen-bond acceptors (Lipinski definition) is 5.